The van der Waals surface area contributed by atoms with E-state index in [-0.39, 0.29) is 5.69 Å². The van der Waals surface area contributed by atoms with Gasteiger partial charge in [-0.2, -0.15) is 0 Å². The van der Waals surface area contributed by atoms with Gasteiger partial charge in [0.25, 0.3) is 5.69 Å². The number of aromatic nitrogens is 1. The van der Waals surface area contributed by atoms with Crippen molar-refractivity contribution in [1.82, 2.24) is 5.16 Å². The lowest BCUT2D eigenvalue weighted by Gasteiger charge is -1.96. The quantitative estimate of drug-likeness (QED) is 0.188. The van der Waals surface area contributed by atoms with Crippen LogP contribution in [0.1, 0.15) is 0 Å². The molecule has 1 aromatic heterocycles. The van der Waals surface area contributed by atoms with Gasteiger partial charge in [0.05, 0.1) is 17.6 Å². The number of nitro benzene ring substituents is 1. The predicted molar refractivity (Wildman–Crippen MR) is 93.1 cm³/mol. The van der Waals surface area contributed by atoms with Gasteiger partial charge < -0.3 is 22.0 Å². The summed E-state index contributed by atoms with van der Waals surface area (Å²) in [6.07, 6.45) is 0. The lowest BCUT2D eigenvalue weighted by atomic mass is 10.2. The Morgan fingerprint density at radius 3 is 2.04 bits per heavy atom. The van der Waals surface area contributed by atoms with Crippen LogP contribution in [0, 0.1) is 10.1 Å². The summed E-state index contributed by atoms with van der Waals surface area (Å²) in [5, 5.41) is 16.0. The normalized spacial score (nSPS) is 10.7. The molecule has 1 heterocycles. The average Bonchev–Trinajstić information content (AvgIpc) is 3.10. The molecule has 0 saturated heterocycles. The molecule has 2 aromatic carbocycles. The average molecular weight is 402 g/mol. The third-order valence-corrected chi connectivity index (χ3v) is 4.05. The number of ether oxygens (including phenoxy) is 1. The molecule has 0 fully saturated rings. The first kappa shape index (κ1) is 20.3. The van der Waals surface area contributed by atoms with Crippen molar-refractivity contribution in [3.05, 3.63) is 58.6 Å². The van der Waals surface area contributed by atoms with E-state index in [0.29, 0.717) is 10.1 Å². The third-order valence-electron chi connectivity index (χ3n) is 3.05. The van der Waals surface area contributed by atoms with E-state index < -0.39 is 12.2 Å². The molecular formula is C15H11BF4N2O4S. The van der Waals surface area contributed by atoms with Crippen LogP contribution in [-0.4, -0.2) is 24.4 Å². The number of benzene rings is 2. The van der Waals surface area contributed by atoms with Crippen LogP contribution in [0.5, 0.6) is 5.75 Å². The Labute approximate surface area is 154 Å². The zero-order chi connectivity index (χ0) is 20.0. The van der Waals surface area contributed by atoms with E-state index in [9.17, 15) is 27.4 Å². The molecule has 0 unspecified atom stereocenters. The molecule has 0 radical (unpaired) electrons. The highest BCUT2D eigenvalue weighted by molar-refractivity contribution is 7.17. The summed E-state index contributed by atoms with van der Waals surface area (Å²) in [7, 11) is -4.39. The standard InChI is InChI=1S/C15H11N2O4S.BF4/c1-20-13-8-4-11(5-9-13)15-21-16-14(22-15)10-2-6-12(7-3-10)17(18)19;2-1(3,4)5/h2-9H,1H3;/q+1;-1. The van der Waals surface area contributed by atoms with Crippen molar-refractivity contribution >= 4 is 24.3 Å². The van der Waals surface area contributed by atoms with Crippen LogP contribution in [0.4, 0.5) is 23.0 Å². The maximum Gasteiger partial charge on any atom is 0.673 e. The second kappa shape index (κ2) is 8.58. The molecule has 142 valence electrons. The van der Waals surface area contributed by atoms with Crippen molar-refractivity contribution in [3.63, 3.8) is 0 Å². The van der Waals surface area contributed by atoms with Crippen molar-refractivity contribution in [2.75, 3.05) is 7.11 Å². The molecule has 0 aliphatic carbocycles. The van der Waals surface area contributed by atoms with Gasteiger partial charge in [0, 0.05) is 17.7 Å². The van der Waals surface area contributed by atoms with Gasteiger partial charge in [0.1, 0.15) is 5.75 Å². The molecule has 6 nitrogen and oxygen atoms in total. The Balaban J connectivity index is 0.000000465. The molecule has 12 heteroatoms. The van der Waals surface area contributed by atoms with Crippen molar-refractivity contribution in [2.24, 2.45) is 0 Å². The molecule has 3 aromatic rings. The molecule has 0 amide bonds. The Bertz CT molecular complexity index is 895. The predicted octanol–water partition coefficient (Wildman–Crippen LogP) is 5.57. The van der Waals surface area contributed by atoms with Crippen molar-refractivity contribution in [2.45, 2.75) is 0 Å². The highest BCUT2D eigenvalue weighted by Crippen LogP contribution is 2.33. The number of hydrogen-bond donors (Lipinski definition) is 0. The van der Waals surface area contributed by atoms with Crippen LogP contribution in [0.3, 0.4) is 0 Å². The van der Waals surface area contributed by atoms with E-state index in [2.05, 4.69) is 5.16 Å². The first-order valence-corrected chi connectivity index (χ1v) is 8.05. The Hall–Kier alpha value is -3.02. The van der Waals surface area contributed by atoms with Gasteiger partial charge >= 0.3 is 12.3 Å². The van der Waals surface area contributed by atoms with Gasteiger partial charge in [-0.3, -0.25) is 10.1 Å². The van der Waals surface area contributed by atoms with E-state index in [1.165, 1.54) is 23.5 Å². The van der Waals surface area contributed by atoms with E-state index >= 15 is 0 Å². The Morgan fingerprint density at radius 2 is 1.56 bits per heavy atom. The van der Waals surface area contributed by atoms with Crippen LogP contribution < -0.4 is 4.74 Å². The summed E-state index contributed by atoms with van der Waals surface area (Å²) >= 11 is 1.38. The number of nitro groups is 1. The van der Waals surface area contributed by atoms with Crippen LogP contribution in [-0.2, 0) is 0 Å². The molecule has 0 saturated carbocycles. The monoisotopic (exact) mass is 402 g/mol. The smallest absolute Gasteiger partial charge is 0.497 e. The van der Waals surface area contributed by atoms with Gasteiger partial charge in [-0.25, -0.2) is 0 Å². The molecule has 0 aliphatic heterocycles. The van der Waals surface area contributed by atoms with E-state index in [1.807, 2.05) is 24.3 Å². The number of nitrogens with zero attached hydrogens (tertiary/aromatic N) is 2. The molecule has 0 N–H and O–H groups in total. The lowest BCUT2D eigenvalue weighted by Crippen LogP contribution is -2.02. The van der Waals surface area contributed by atoms with Gasteiger partial charge in [-0.05, 0) is 47.7 Å². The topological polar surface area (TPSA) is 76.6 Å². The highest BCUT2D eigenvalue weighted by atomic mass is 32.1. The number of halogens is 4. The fourth-order valence-corrected chi connectivity index (χ4v) is 2.72. The molecule has 0 atom stereocenters. The van der Waals surface area contributed by atoms with Crippen LogP contribution in [0.25, 0.3) is 21.2 Å². The second-order valence-corrected chi connectivity index (χ2v) is 5.87. The number of non-ortho nitro benzene ring substituents is 1. The second-order valence-electron chi connectivity index (χ2n) is 4.90. The summed E-state index contributed by atoms with van der Waals surface area (Å²) in [5.74, 6) is 0.767. The number of methoxy groups -OCH3 is 1. The molecule has 0 aliphatic rings. The summed E-state index contributed by atoms with van der Waals surface area (Å²) in [6, 6.07) is 13.7. The molecule has 0 spiro atoms. The molecule has 27 heavy (non-hydrogen) atoms. The van der Waals surface area contributed by atoms with E-state index in [4.69, 9.17) is 9.26 Å². The summed E-state index contributed by atoms with van der Waals surface area (Å²) < 4.78 is 49.5. The SMILES string of the molecule is COc1ccc(-c2[o+]nc(-c3ccc([N+](=O)[O-])cc3)s2)cc1.F[B-](F)(F)F. The zero-order valence-corrected chi connectivity index (χ0v) is 14.5. The highest BCUT2D eigenvalue weighted by Gasteiger charge is 2.22. The fraction of sp³-hybridized carbons (Fsp3) is 0.0667. The zero-order valence-electron chi connectivity index (χ0n) is 13.6. The minimum absolute atomic E-state index is 0.0487. The largest absolute Gasteiger partial charge is 0.673 e. The Morgan fingerprint density at radius 1 is 1.04 bits per heavy atom. The van der Waals surface area contributed by atoms with E-state index in [1.54, 1.807) is 19.2 Å². The summed E-state index contributed by atoms with van der Waals surface area (Å²) in [5.41, 5.74) is 1.72. The summed E-state index contributed by atoms with van der Waals surface area (Å²) in [4.78, 5) is 10.2. The molecule has 3 rings (SSSR count). The Kier molecular flexibility index (Phi) is 6.45. The minimum atomic E-state index is -6.00. The van der Waals surface area contributed by atoms with Crippen LogP contribution >= 0.6 is 11.3 Å². The van der Waals surface area contributed by atoms with Crippen molar-refractivity contribution < 1.29 is 31.4 Å². The minimum Gasteiger partial charge on any atom is -0.497 e. The van der Waals surface area contributed by atoms with Crippen LogP contribution in [0.2, 0.25) is 0 Å². The van der Waals surface area contributed by atoms with E-state index in [0.717, 1.165) is 16.9 Å². The van der Waals surface area contributed by atoms with Crippen molar-refractivity contribution in [1.29, 1.82) is 0 Å². The van der Waals surface area contributed by atoms with Gasteiger partial charge in [-0.15, -0.1) is 0 Å². The van der Waals surface area contributed by atoms with Crippen LogP contribution in [0.15, 0.2) is 53.1 Å². The number of hydrogen-bond acceptors (Lipinski definition) is 5. The molecule has 0 bridgehead atoms. The van der Waals surface area contributed by atoms with Gasteiger partial charge in [0.15, 0.2) is 5.16 Å². The maximum atomic E-state index is 10.7. The lowest BCUT2D eigenvalue weighted by molar-refractivity contribution is -0.384. The first-order valence-electron chi connectivity index (χ1n) is 7.24. The summed E-state index contributed by atoms with van der Waals surface area (Å²) in [6.45, 7) is 0. The first-order chi connectivity index (χ1) is 12.7. The number of rotatable bonds is 4. The van der Waals surface area contributed by atoms with Crippen molar-refractivity contribution in [3.8, 4) is 27.0 Å². The maximum absolute atomic E-state index is 10.7. The van der Waals surface area contributed by atoms with Gasteiger partial charge in [0.2, 0.25) is 5.01 Å². The third kappa shape index (κ3) is 6.33. The fourth-order valence-electron chi connectivity index (χ4n) is 1.88. The van der Waals surface area contributed by atoms with Gasteiger partial charge in [-0.1, -0.05) is 4.52 Å². The molecular weight excluding hydrogens is 391 g/mol.